The first-order valence-electron chi connectivity index (χ1n) is 4.40. The third-order valence-electron chi connectivity index (χ3n) is 2.25. The Labute approximate surface area is 92.0 Å². The van der Waals surface area contributed by atoms with Gasteiger partial charge in [0.2, 0.25) is 0 Å². The topological polar surface area (TPSA) is 90.6 Å². The van der Waals surface area contributed by atoms with E-state index in [1.807, 2.05) is 0 Å². The van der Waals surface area contributed by atoms with Crippen LogP contribution >= 0.6 is 0 Å². The molecule has 0 spiro atoms. The molecule has 0 amide bonds. The van der Waals surface area contributed by atoms with Crippen LogP contribution in [0.3, 0.4) is 0 Å². The van der Waals surface area contributed by atoms with E-state index < -0.39 is 10.1 Å². The monoisotopic (exact) mass is 236 g/mol. The Kier molecular flexibility index (Phi) is 2.45. The average Bonchev–Trinajstić information content (AvgIpc) is 2.26. The van der Waals surface area contributed by atoms with Crippen molar-refractivity contribution in [3.63, 3.8) is 0 Å². The van der Waals surface area contributed by atoms with E-state index in [1.54, 1.807) is 24.3 Å². The van der Waals surface area contributed by atoms with Crippen LogP contribution in [-0.4, -0.2) is 13.0 Å². The van der Waals surface area contributed by atoms with Crippen molar-refractivity contribution in [3.8, 4) is 0 Å². The number of hydrogen-bond donors (Lipinski definition) is 2. The van der Waals surface area contributed by atoms with E-state index in [-0.39, 0.29) is 4.90 Å². The molecule has 2 rings (SSSR count). The molecule has 0 bridgehead atoms. The van der Waals surface area contributed by atoms with Gasteiger partial charge in [0.05, 0.1) is 10.6 Å². The zero-order chi connectivity index (χ0) is 11.8. The highest BCUT2D eigenvalue weighted by Gasteiger charge is 2.10. The second kappa shape index (κ2) is 3.66. The minimum atomic E-state index is -4.22. The Balaban J connectivity index is 2.83. The molecule has 2 aromatic rings. The molecule has 16 heavy (non-hydrogen) atoms. The van der Waals surface area contributed by atoms with Crippen molar-refractivity contribution in [3.05, 3.63) is 36.4 Å². The molecule has 2 aromatic carbocycles. The summed E-state index contributed by atoms with van der Waals surface area (Å²) in [4.78, 5) is -0.198. The molecule has 5 nitrogen and oxygen atoms in total. The smallest absolute Gasteiger partial charge is 0.282 e. The van der Waals surface area contributed by atoms with E-state index in [4.69, 9.17) is 10.1 Å². The van der Waals surface area contributed by atoms with Gasteiger partial charge in [-0.2, -0.15) is 13.5 Å². The summed E-state index contributed by atoms with van der Waals surface area (Å²) in [5, 5.41) is 4.58. The highest BCUT2D eigenvalue weighted by atomic mass is 32.2. The number of hydrogen-bond acceptors (Lipinski definition) is 4. The number of nitrogens with one attached hydrogen (secondary N) is 1. The van der Waals surface area contributed by atoms with Gasteiger partial charge in [-0.05, 0) is 23.6 Å². The second-order valence-electron chi connectivity index (χ2n) is 3.25. The predicted molar refractivity (Wildman–Crippen MR) is 58.6 cm³/mol. The zero-order valence-electron chi connectivity index (χ0n) is 8.08. The third-order valence-corrected chi connectivity index (χ3v) is 3.10. The maximum atomic E-state index is 11.0. The van der Waals surface area contributed by atoms with Crippen LogP contribution in [0.25, 0.3) is 10.8 Å². The zero-order valence-corrected chi connectivity index (χ0v) is 8.90. The lowest BCUT2D eigenvalue weighted by molar-refractivity contribution is 0.483. The summed E-state index contributed by atoms with van der Waals surface area (Å²) in [5.74, 6) is 0. The largest absolute Gasteiger partial charge is 0.294 e. The van der Waals surface area contributed by atoms with Gasteiger partial charge in [-0.1, -0.05) is 18.2 Å². The van der Waals surface area contributed by atoms with E-state index in [1.165, 1.54) is 12.1 Å². The molecule has 82 valence electrons. The SMILES string of the molecule is N=Nc1cccc2ccc(S(=O)(=O)O)cc12. The van der Waals surface area contributed by atoms with Gasteiger partial charge < -0.3 is 0 Å². The summed E-state index contributed by atoms with van der Waals surface area (Å²) in [6, 6.07) is 9.28. The molecule has 0 aromatic heterocycles. The molecule has 0 heterocycles. The van der Waals surface area contributed by atoms with Crippen LogP contribution < -0.4 is 0 Å². The van der Waals surface area contributed by atoms with Crippen molar-refractivity contribution in [2.75, 3.05) is 0 Å². The molecule has 0 saturated carbocycles. The Bertz CT molecular complexity index is 665. The average molecular weight is 236 g/mol. The highest BCUT2D eigenvalue weighted by Crippen LogP contribution is 2.27. The number of benzene rings is 2. The summed E-state index contributed by atoms with van der Waals surface area (Å²) in [6.45, 7) is 0. The summed E-state index contributed by atoms with van der Waals surface area (Å²) in [7, 11) is -4.22. The van der Waals surface area contributed by atoms with Gasteiger partial charge >= 0.3 is 0 Å². The van der Waals surface area contributed by atoms with Crippen molar-refractivity contribution < 1.29 is 13.0 Å². The first-order chi connectivity index (χ1) is 7.52. The molecule has 0 saturated heterocycles. The third kappa shape index (κ3) is 1.80. The lowest BCUT2D eigenvalue weighted by Gasteiger charge is -2.02. The summed E-state index contributed by atoms with van der Waals surface area (Å²) < 4.78 is 30.8. The maximum absolute atomic E-state index is 11.0. The van der Waals surface area contributed by atoms with E-state index in [2.05, 4.69) is 5.11 Å². The number of nitrogens with zero attached hydrogens (tertiary/aromatic N) is 1. The highest BCUT2D eigenvalue weighted by molar-refractivity contribution is 7.85. The van der Waals surface area contributed by atoms with Crippen LogP contribution in [0.2, 0.25) is 0 Å². The molecule has 2 N–H and O–H groups in total. The Morgan fingerprint density at radius 1 is 1.19 bits per heavy atom. The second-order valence-corrected chi connectivity index (χ2v) is 4.67. The number of fused-ring (bicyclic) bond motifs is 1. The molecule has 0 atom stereocenters. The summed E-state index contributed by atoms with van der Waals surface area (Å²) in [5.41, 5.74) is 7.33. The number of rotatable bonds is 2. The van der Waals surface area contributed by atoms with Crippen molar-refractivity contribution >= 4 is 26.6 Å². The van der Waals surface area contributed by atoms with Crippen LogP contribution in [0.4, 0.5) is 5.69 Å². The fourth-order valence-corrected chi connectivity index (χ4v) is 2.00. The Morgan fingerprint density at radius 2 is 1.94 bits per heavy atom. The Morgan fingerprint density at radius 3 is 2.56 bits per heavy atom. The molecule has 0 fully saturated rings. The minimum absolute atomic E-state index is 0.198. The van der Waals surface area contributed by atoms with Crippen LogP contribution in [0.5, 0.6) is 0 Å². The first kappa shape index (κ1) is 10.7. The van der Waals surface area contributed by atoms with Gasteiger partial charge in [-0.25, -0.2) is 5.53 Å². The molecule has 0 aliphatic carbocycles. The maximum Gasteiger partial charge on any atom is 0.294 e. The molecule has 0 unspecified atom stereocenters. The van der Waals surface area contributed by atoms with Gasteiger partial charge in [-0.15, -0.1) is 0 Å². The molecule has 0 aliphatic rings. The van der Waals surface area contributed by atoms with Crippen LogP contribution in [0.15, 0.2) is 46.4 Å². The molecule has 0 aliphatic heterocycles. The van der Waals surface area contributed by atoms with E-state index >= 15 is 0 Å². The normalized spacial score (nSPS) is 11.6. The van der Waals surface area contributed by atoms with Gasteiger partial charge in [0.25, 0.3) is 10.1 Å². The van der Waals surface area contributed by atoms with E-state index in [0.29, 0.717) is 11.1 Å². The van der Waals surface area contributed by atoms with Crippen molar-refractivity contribution in [1.82, 2.24) is 0 Å². The quantitative estimate of drug-likeness (QED) is 0.620. The van der Waals surface area contributed by atoms with Crippen molar-refractivity contribution in [2.45, 2.75) is 4.90 Å². The van der Waals surface area contributed by atoms with Crippen molar-refractivity contribution in [1.29, 1.82) is 5.53 Å². The molecular weight excluding hydrogens is 228 g/mol. The van der Waals surface area contributed by atoms with Crippen molar-refractivity contribution in [2.24, 2.45) is 5.11 Å². The van der Waals surface area contributed by atoms with Crippen LogP contribution in [0, 0.1) is 5.53 Å². The van der Waals surface area contributed by atoms with Crippen LogP contribution in [-0.2, 0) is 10.1 Å². The van der Waals surface area contributed by atoms with Gasteiger partial charge in [0.1, 0.15) is 0 Å². The van der Waals surface area contributed by atoms with Gasteiger partial charge in [-0.3, -0.25) is 4.55 Å². The Hall–Kier alpha value is -1.79. The fraction of sp³-hybridized carbons (Fsp3) is 0. The standard InChI is InChI=1S/C10H8N2O3S/c11-12-10-3-1-2-7-4-5-8(6-9(7)10)16(13,14)15/h1-6,11H,(H,13,14,15). The van der Waals surface area contributed by atoms with Gasteiger partial charge in [0.15, 0.2) is 0 Å². The summed E-state index contributed by atoms with van der Waals surface area (Å²) in [6.07, 6.45) is 0. The fourth-order valence-electron chi connectivity index (χ4n) is 1.49. The lowest BCUT2D eigenvalue weighted by atomic mass is 10.1. The van der Waals surface area contributed by atoms with Gasteiger partial charge in [0, 0.05) is 5.39 Å². The molecule has 6 heteroatoms. The summed E-state index contributed by atoms with van der Waals surface area (Å²) >= 11 is 0. The minimum Gasteiger partial charge on any atom is -0.282 e. The lowest BCUT2D eigenvalue weighted by Crippen LogP contribution is -1.97. The van der Waals surface area contributed by atoms with E-state index in [0.717, 1.165) is 5.39 Å². The predicted octanol–water partition coefficient (Wildman–Crippen LogP) is 2.75. The molecular formula is C10H8N2O3S. The van der Waals surface area contributed by atoms with Crippen LogP contribution in [0.1, 0.15) is 0 Å². The first-order valence-corrected chi connectivity index (χ1v) is 5.84. The van der Waals surface area contributed by atoms with E-state index in [9.17, 15) is 8.42 Å². The molecule has 0 radical (unpaired) electrons.